The van der Waals surface area contributed by atoms with E-state index in [1.807, 2.05) is 0 Å². The van der Waals surface area contributed by atoms with Crippen molar-refractivity contribution in [2.75, 3.05) is 0 Å². The smallest absolute Gasteiger partial charge is 0.337 e. The first-order valence-corrected chi connectivity index (χ1v) is 3.06. The first-order valence-electron chi connectivity index (χ1n) is 2.27. The molecule has 0 amide bonds. The summed E-state index contributed by atoms with van der Waals surface area (Å²) in [5.74, 6) is -0.919. The molecule has 0 atom stereocenters. The highest BCUT2D eigenvalue weighted by atomic mass is 79.9. The molecular formula is C5H4BrNO2. The number of nitrogens with one attached hydrogen (secondary N) is 1. The Morgan fingerprint density at radius 3 is 2.67 bits per heavy atom. The van der Waals surface area contributed by atoms with Crippen LogP contribution in [0.5, 0.6) is 0 Å². The van der Waals surface area contributed by atoms with E-state index in [-0.39, 0.29) is 5.56 Å². The SMILES string of the molecule is O=C(O)c1c[nH]c(Br)c1. The van der Waals surface area contributed by atoms with Crippen LogP contribution in [0.25, 0.3) is 0 Å². The Hall–Kier alpha value is -0.770. The van der Waals surface area contributed by atoms with E-state index >= 15 is 0 Å². The summed E-state index contributed by atoms with van der Waals surface area (Å²) in [6.07, 6.45) is 1.42. The first kappa shape index (κ1) is 6.35. The molecule has 3 nitrogen and oxygen atoms in total. The van der Waals surface area contributed by atoms with Gasteiger partial charge < -0.3 is 10.1 Å². The maximum absolute atomic E-state index is 10.2. The zero-order valence-electron chi connectivity index (χ0n) is 4.39. The number of rotatable bonds is 1. The van der Waals surface area contributed by atoms with Crippen LogP contribution in [0, 0.1) is 0 Å². The van der Waals surface area contributed by atoms with Gasteiger partial charge in [-0.2, -0.15) is 0 Å². The topological polar surface area (TPSA) is 53.1 Å². The molecule has 0 unspecified atom stereocenters. The predicted molar refractivity (Wildman–Crippen MR) is 35.5 cm³/mol. The van der Waals surface area contributed by atoms with Crippen LogP contribution >= 0.6 is 15.9 Å². The fourth-order valence-electron chi connectivity index (χ4n) is 0.490. The van der Waals surface area contributed by atoms with Gasteiger partial charge in [0, 0.05) is 6.20 Å². The van der Waals surface area contributed by atoms with E-state index < -0.39 is 5.97 Å². The Morgan fingerprint density at radius 2 is 2.44 bits per heavy atom. The summed E-state index contributed by atoms with van der Waals surface area (Å²) < 4.78 is 0.680. The predicted octanol–water partition coefficient (Wildman–Crippen LogP) is 1.48. The molecule has 1 rings (SSSR count). The van der Waals surface area contributed by atoms with Crippen LogP contribution in [0.15, 0.2) is 16.9 Å². The molecule has 2 N–H and O–H groups in total. The van der Waals surface area contributed by atoms with Gasteiger partial charge in [-0.1, -0.05) is 0 Å². The van der Waals surface area contributed by atoms with Crippen LogP contribution in [0.1, 0.15) is 10.4 Å². The fraction of sp³-hybridized carbons (Fsp3) is 0. The lowest BCUT2D eigenvalue weighted by molar-refractivity contribution is 0.0697. The maximum atomic E-state index is 10.2. The number of aromatic carboxylic acids is 1. The molecule has 0 radical (unpaired) electrons. The number of carbonyl (C=O) groups is 1. The number of aromatic nitrogens is 1. The minimum Gasteiger partial charge on any atom is -0.478 e. The summed E-state index contributed by atoms with van der Waals surface area (Å²) in [7, 11) is 0. The molecule has 0 aliphatic carbocycles. The van der Waals surface area contributed by atoms with E-state index in [4.69, 9.17) is 5.11 Å². The quantitative estimate of drug-likeness (QED) is 0.704. The fourth-order valence-corrected chi connectivity index (χ4v) is 0.851. The molecule has 0 saturated heterocycles. The van der Waals surface area contributed by atoms with Crippen molar-refractivity contribution in [3.63, 3.8) is 0 Å². The zero-order chi connectivity index (χ0) is 6.85. The van der Waals surface area contributed by atoms with Gasteiger partial charge in [0.15, 0.2) is 0 Å². The highest BCUT2D eigenvalue weighted by molar-refractivity contribution is 9.10. The Morgan fingerprint density at radius 1 is 1.78 bits per heavy atom. The number of H-pyrrole nitrogens is 1. The summed E-state index contributed by atoms with van der Waals surface area (Å²) in [4.78, 5) is 12.9. The average Bonchev–Trinajstić information content (AvgIpc) is 2.14. The lowest BCUT2D eigenvalue weighted by Gasteiger charge is -1.79. The van der Waals surface area contributed by atoms with Gasteiger partial charge in [0.05, 0.1) is 10.2 Å². The molecule has 0 aliphatic rings. The highest BCUT2D eigenvalue weighted by Gasteiger charge is 2.02. The largest absolute Gasteiger partial charge is 0.478 e. The van der Waals surface area contributed by atoms with Crippen molar-refractivity contribution in [1.82, 2.24) is 4.98 Å². The summed E-state index contributed by atoms with van der Waals surface area (Å²) in [5.41, 5.74) is 0.266. The first-order chi connectivity index (χ1) is 4.20. The average molecular weight is 190 g/mol. The number of halogens is 1. The second kappa shape index (κ2) is 2.23. The molecular weight excluding hydrogens is 186 g/mol. The van der Waals surface area contributed by atoms with Crippen LogP contribution in [-0.2, 0) is 0 Å². The molecule has 0 aliphatic heterocycles. The van der Waals surface area contributed by atoms with Gasteiger partial charge in [-0.15, -0.1) is 0 Å². The van der Waals surface area contributed by atoms with E-state index in [0.717, 1.165) is 0 Å². The van der Waals surface area contributed by atoms with Crippen molar-refractivity contribution in [2.45, 2.75) is 0 Å². The lowest BCUT2D eigenvalue weighted by atomic mass is 10.4. The Balaban J connectivity index is 2.98. The van der Waals surface area contributed by atoms with E-state index in [0.29, 0.717) is 4.60 Å². The van der Waals surface area contributed by atoms with Gasteiger partial charge in [-0.25, -0.2) is 4.79 Å². The van der Waals surface area contributed by atoms with E-state index in [2.05, 4.69) is 20.9 Å². The Labute approximate surface area is 59.8 Å². The van der Waals surface area contributed by atoms with E-state index in [1.54, 1.807) is 0 Å². The van der Waals surface area contributed by atoms with Crippen molar-refractivity contribution >= 4 is 21.9 Å². The van der Waals surface area contributed by atoms with Gasteiger partial charge in [0.2, 0.25) is 0 Å². The standard InChI is InChI=1S/C5H4BrNO2/c6-4-1-3(2-7-4)5(8)9/h1-2,7H,(H,8,9). The molecule has 0 spiro atoms. The van der Waals surface area contributed by atoms with Gasteiger partial charge in [-0.05, 0) is 22.0 Å². The maximum Gasteiger partial charge on any atom is 0.337 e. The van der Waals surface area contributed by atoms with Gasteiger partial charge in [0.1, 0.15) is 0 Å². The van der Waals surface area contributed by atoms with Crippen molar-refractivity contribution in [1.29, 1.82) is 0 Å². The van der Waals surface area contributed by atoms with Crippen LogP contribution in [0.3, 0.4) is 0 Å². The second-order valence-corrected chi connectivity index (χ2v) is 2.40. The van der Waals surface area contributed by atoms with Crippen molar-refractivity contribution in [2.24, 2.45) is 0 Å². The number of aromatic amines is 1. The van der Waals surface area contributed by atoms with Crippen molar-refractivity contribution in [3.8, 4) is 0 Å². The van der Waals surface area contributed by atoms with Crippen molar-refractivity contribution in [3.05, 3.63) is 22.4 Å². The van der Waals surface area contributed by atoms with E-state index in [9.17, 15) is 4.79 Å². The molecule has 4 heteroatoms. The number of carboxylic acids is 1. The Kier molecular flexibility index (Phi) is 1.57. The number of hydrogen-bond acceptors (Lipinski definition) is 1. The summed E-state index contributed by atoms with van der Waals surface area (Å²) in [6.45, 7) is 0. The molecule has 48 valence electrons. The lowest BCUT2D eigenvalue weighted by Crippen LogP contribution is -1.91. The second-order valence-electron chi connectivity index (χ2n) is 1.54. The zero-order valence-corrected chi connectivity index (χ0v) is 5.97. The molecule has 0 bridgehead atoms. The molecule has 0 saturated carbocycles. The van der Waals surface area contributed by atoms with Gasteiger partial charge >= 0.3 is 5.97 Å². The third-order valence-corrected chi connectivity index (χ3v) is 1.35. The minimum atomic E-state index is -0.919. The third kappa shape index (κ3) is 1.32. The van der Waals surface area contributed by atoms with Crippen LogP contribution in [0.2, 0.25) is 0 Å². The highest BCUT2D eigenvalue weighted by Crippen LogP contribution is 2.08. The molecule has 9 heavy (non-hydrogen) atoms. The minimum absolute atomic E-state index is 0.266. The normalized spacial score (nSPS) is 9.44. The van der Waals surface area contributed by atoms with Gasteiger partial charge in [-0.3, -0.25) is 0 Å². The third-order valence-electron chi connectivity index (χ3n) is 0.895. The number of hydrogen-bond donors (Lipinski definition) is 2. The summed E-state index contributed by atoms with van der Waals surface area (Å²) in [5, 5.41) is 8.36. The summed E-state index contributed by atoms with van der Waals surface area (Å²) in [6, 6.07) is 1.50. The van der Waals surface area contributed by atoms with Crippen LogP contribution < -0.4 is 0 Å². The van der Waals surface area contributed by atoms with E-state index in [1.165, 1.54) is 12.3 Å². The number of carboxylic acid groups (broad SMARTS) is 1. The van der Waals surface area contributed by atoms with Crippen LogP contribution in [0.4, 0.5) is 0 Å². The molecule has 1 heterocycles. The monoisotopic (exact) mass is 189 g/mol. The molecule has 0 aromatic carbocycles. The van der Waals surface area contributed by atoms with Gasteiger partial charge in [0.25, 0.3) is 0 Å². The molecule has 0 fully saturated rings. The molecule has 1 aromatic heterocycles. The van der Waals surface area contributed by atoms with Crippen molar-refractivity contribution < 1.29 is 9.90 Å². The molecule has 1 aromatic rings. The summed E-state index contributed by atoms with van der Waals surface area (Å²) >= 11 is 3.08. The Bertz CT molecular complexity index is 231. The van der Waals surface area contributed by atoms with Crippen LogP contribution in [-0.4, -0.2) is 16.1 Å².